The molecule has 0 N–H and O–H groups in total. The molecule has 0 saturated carbocycles. The van der Waals surface area contributed by atoms with Crippen LogP contribution in [0.3, 0.4) is 0 Å². The van der Waals surface area contributed by atoms with Crippen molar-refractivity contribution in [3.63, 3.8) is 0 Å². The molecule has 2 amide bonds. The van der Waals surface area contributed by atoms with Gasteiger partial charge >= 0.3 is 0 Å². The molecule has 1 fully saturated rings. The van der Waals surface area contributed by atoms with E-state index >= 15 is 0 Å². The number of rotatable bonds is 4. The highest BCUT2D eigenvalue weighted by Gasteiger charge is 2.43. The quantitative estimate of drug-likeness (QED) is 0.554. The molecule has 0 aliphatic carbocycles. The van der Waals surface area contributed by atoms with Crippen molar-refractivity contribution in [3.8, 4) is 0 Å². The van der Waals surface area contributed by atoms with Gasteiger partial charge in [0.1, 0.15) is 11.0 Å². The summed E-state index contributed by atoms with van der Waals surface area (Å²) in [7, 11) is -3.86. The highest BCUT2D eigenvalue weighted by molar-refractivity contribution is 7.91. The van der Waals surface area contributed by atoms with E-state index in [4.69, 9.17) is 4.52 Å². The van der Waals surface area contributed by atoms with E-state index in [9.17, 15) is 22.8 Å². The monoisotopic (exact) mass is 418 g/mol. The molecule has 1 atom stereocenters. The molecular formula is C20H22N2O6S. The van der Waals surface area contributed by atoms with Gasteiger partial charge in [0.15, 0.2) is 15.6 Å². The molecule has 9 heteroatoms. The lowest BCUT2D eigenvalue weighted by molar-refractivity contribution is -0.142. The molecule has 3 rings (SSSR count). The Balaban J connectivity index is 1.96. The van der Waals surface area contributed by atoms with Crippen LogP contribution in [-0.2, 0) is 19.4 Å². The second-order valence-electron chi connectivity index (χ2n) is 7.82. The maximum Gasteiger partial charge on any atom is 0.261 e. The Morgan fingerprint density at radius 2 is 1.93 bits per heavy atom. The van der Waals surface area contributed by atoms with Crippen molar-refractivity contribution in [2.75, 3.05) is 0 Å². The Bertz CT molecular complexity index is 1100. The standard InChI is InChI=1S/C20H22N2O6S/c1-12-8-17(28-21-12)13(2)29(26,27)16-7-5-6-14(9-16)19(25)22-18(24)10-15(23)11-20(22,3)4/h5-9,13H,10-11H2,1-4H3. The van der Waals surface area contributed by atoms with Crippen LogP contribution < -0.4 is 0 Å². The number of aromatic nitrogens is 1. The molecule has 154 valence electrons. The van der Waals surface area contributed by atoms with Gasteiger partial charge in [-0.3, -0.25) is 19.3 Å². The topological polar surface area (TPSA) is 115 Å². The van der Waals surface area contributed by atoms with Crippen LogP contribution in [0.1, 0.15) is 60.7 Å². The number of nitrogens with zero attached hydrogens (tertiary/aromatic N) is 2. The molecule has 1 aliphatic rings. The maximum absolute atomic E-state index is 13.0. The van der Waals surface area contributed by atoms with E-state index < -0.39 is 32.4 Å². The summed E-state index contributed by atoms with van der Waals surface area (Å²) in [5, 5.41) is 2.72. The van der Waals surface area contributed by atoms with E-state index in [1.54, 1.807) is 26.8 Å². The van der Waals surface area contributed by atoms with Gasteiger partial charge < -0.3 is 4.52 Å². The second-order valence-corrected chi connectivity index (χ2v) is 10.1. The van der Waals surface area contributed by atoms with Crippen molar-refractivity contribution < 1.29 is 27.3 Å². The molecule has 1 aromatic carbocycles. The van der Waals surface area contributed by atoms with Gasteiger partial charge in [-0.25, -0.2) is 8.42 Å². The number of sulfone groups is 1. The summed E-state index contributed by atoms with van der Waals surface area (Å²) in [6.45, 7) is 6.43. The van der Waals surface area contributed by atoms with Gasteiger partial charge in [0.05, 0.1) is 22.5 Å². The number of hydrogen-bond donors (Lipinski definition) is 0. The number of likely N-dealkylation sites (tertiary alicyclic amines) is 1. The number of aryl methyl sites for hydroxylation is 1. The van der Waals surface area contributed by atoms with Gasteiger partial charge in [0.2, 0.25) is 5.91 Å². The van der Waals surface area contributed by atoms with Crippen LogP contribution in [0.5, 0.6) is 0 Å². The molecule has 1 aliphatic heterocycles. The Labute approximate surface area is 168 Å². The van der Waals surface area contributed by atoms with E-state index in [1.165, 1.54) is 31.2 Å². The van der Waals surface area contributed by atoms with Crippen LogP contribution in [-0.4, -0.2) is 41.6 Å². The molecule has 1 aromatic heterocycles. The third kappa shape index (κ3) is 3.87. The number of amides is 2. The zero-order valence-electron chi connectivity index (χ0n) is 16.6. The molecule has 29 heavy (non-hydrogen) atoms. The number of hydrogen-bond acceptors (Lipinski definition) is 7. The molecule has 0 spiro atoms. The number of imide groups is 1. The van der Waals surface area contributed by atoms with Crippen molar-refractivity contribution in [3.05, 3.63) is 47.3 Å². The first-order valence-electron chi connectivity index (χ1n) is 9.10. The zero-order valence-corrected chi connectivity index (χ0v) is 17.4. The largest absolute Gasteiger partial charge is 0.360 e. The average Bonchev–Trinajstić information content (AvgIpc) is 3.05. The van der Waals surface area contributed by atoms with Crippen molar-refractivity contribution >= 4 is 27.4 Å². The summed E-state index contributed by atoms with van der Waals surface area (Å²) in [5.74, 6) is -1.25. The summed E-state index contributed by atoms with van der Waals surface area (Å²) >= 11 is 0. The smallest absolute Gasteiger partial charge is 0.261 e. The van der Waals surface area contributed by atoms with Gasteiger partial charge in [-0.15, -0.1) is 0 Å². The van der Waals surface area contributed by atoms with Crippen molar-refractivity contribution in [2.45, 2.75) is 56.2 Å². The minimum atomic E-state index is -3.86. The summed E-state index contributed by atoms with van der Waals surface area (Å²) in [5.41, 5.74) is -0.363. The summed E-state index contributed by atoms with van der Waals surface area (Å²) < 4.78 is 31.1. The number of carbonyl (C=O) groups excluding carboxylic acids is 3. The Morgan fingerprint density at radius 3 is 2.52 bits per heavy atom. The third-order valence-corrected chi connectivity index (χ3v) is 7.03. The Morgan fingerprint density at radius 1 is 1.24 bits per heavy atom. The molecule has 8 nitrogen and oxygen atoms in total. The minimum absolute atomic E-state index is 0.0581. The van der Waals surface area contributed by atoms with Gasteiger partial charge in [0, 0.05) is 18.1 Å². The SMILES string of the molecule is Cc1cc(C(C)S(=O)(=O)c2cccc(C(=O)N3C(=O)CC(=O)CC3(C)C)c2)on1. The van der Waals surface area contributed by atoms with E-state index in [0.29, 0.717) is 5.69 Å². The number of benzene rings is 1. The number of ketones is 1. The summed E-state index contributed by atoms with van der Waals surface area (Å²) in [6.07, 6.45) is -0.278. The first kappa shape index (κ1) is 20.9. The zero-order chi connectivity index (χ0) is 21.6. The molecule has 1 unspecified atom stereocenters. The Kier molecular flexibility index (Phi) is 5.20. The lowest BCUT2D eigenvalue weighted by Gasteiger charge is -2.39. The van der Waals surface area contributed by atoms with Crippen LogP contribution in [0.2, 0.25) is 0 Å². The second kappa shape index (κ2) is 7.22. The van der Waals surface area contributed by atoms with Gasteiger partial charge in [-0.1, -0.05) is 11.2 Å². The van der Waals surface area contributed by atoms with E-state index in [0.717, 1.165) is 4.90 Å². The van der Waals surface area contributed by atoms with E-state index in [1.807, 2.05) is 0 Å². The van der Waals surface area contributed by atoms with Crippen LogP contribution >= 0.6 is 0 Å². The van der Waals surface area contributed by atoms with Crippen LogP contribution in [0.15, 0.2) is 39.8 Å². The lowest BCUT2D eigenvalue weighted by atomic mass is 9.88. The fourth-order valence-electron chi connectivity index (χ4n) is 3.46. The van der Waals surface area contributed by atoms with Crippen molar-refractivity contribution in [2.24, 2.45) is 0 Å². The van der Waals surface area contributed by atoms with Crippen molar-refractivity contribution in [1.82, 2.24) is 10.1 Å². The normalized spacial score (nSPS) is 18.0. The lowest BCUT2D eigenvalue weighted by Crippen LogP contribution is -2.56. The van der Waals surface area contributed by atoms with Crippen LogP contribution in [0, 0.1) is 6.92 Å². The van der Waals surface area contributed by atoms with Crippen LogP contribution in [0.25, 0.3) is 0 Å². The average molecular weight is 418 g/mol. The first-order chi connectivity index (χ1) is 13.4. The number of carbonyl (C=O) groups is 3. The first-order valence-corrected chi connectivity index (χ1v) is 10.6. The van der Waals surface area contributed by atoms with Gasteiger partial charge in [-0.2, -0.15) is 0 Å². The molecule has 2 aromatic rings. The van der Waals surface area contributed by atoms with Gasteiger partial charge in [-0.05, 0) is 45.9 Å². The molecular weight excluding hydrogens is 396 g/mol. The maximum atomic E-state index is 13.0. The Hall–Kier alpha value is -2.81. The van der Waals surface area contributed by atoms with Crippen LogP contribution in [0.4, 0.5) is 0 Å². The van der Waals surface area contributed by atoms with E-state index in [-0.39, 0.29) is 34.8 Å². The van der Waals surface area contributed by atoms with Crippen molar-refractivity contribution in [1.29, 1.82) is 0 Å². The highest BCUT2D eigenvalue weighted by Crippen LogP contribution is 2.31. The summed E-state index contributed by atoms with van der Waals surface area (Å²) in [4.78, 5) is 38.1. The molecule has 2 heterocycles. The van der Waals surface area contributed by atoms with Gasteiger partial charge in [0.25, 0.3) is 5.91 Å². The minimum Gasteiger partial charge on any atom is -0.360 e. The predicted molar refractivity (Wildman–Crippen MR) is 103 cm³/mol. The van der Waals surface area contributed by atoms with E-state index in [2.05, 4.69) is 5.16 Å². The predicted octanol–water partition coefficient (Wildman–Crippen LogP) is 2.63. The number of Topliss-reactive ketones (excluding diaryl/α,β-unsaturated/α-hetero) is 1. The molecule has 0 radical (unpaired) electrons. The molecule has 1 saturated heterocycles. The number of piperidine rings is 1. The summed E-state index contributed by atoms with van der Waals surface area (Å²) in [6, 6.07) is 7.08. The molecule has 0 bridgehead atoms. The fraction of sp³-hybridized carbons (Fsp3) is 0.400. The fourth-order valence-corrected chi connectivity index (χ4v) is 4.85. The highest BCUT2D eigenvalue weighted by atomic mass is 32.2. The third-order valence-electron chi connectivity index (χ3n) is 4.96.